The average Bonchev–Trinajstić information content (AvgIpc) is 2.84. The molecule has 0 bridgehead atoms. The summed E-state index contributed by atoms with van der Waals surface area (Å²) < 4.78 is 14.9. The van der Waals surface area contributed by atoms with Crippen molar-refractivity contribution in [3.63, 3.8) is 0 Å². The van der Waals surface area contributed by atoms with E-state index in [4.69, 9.17) is 5.11 Å². The Balaban J connectivity index is 2.44. The van der Waals surface area contributed by atoms with Gasteiger partial charge in [-0.2, -0.15) is 0 Å². The van der Waals surface area contributed by atoms with Crippen molar-refractivity contribution in [3.05, 3.63) is 35.5 Å². The number of carbonyl (C=O) groups excluding carboxylic acids is 1. The fraction of sp³-hybridized carbons (Fsp3) is 0.400. The van der Waals surface area contributed by atoms with Crippen LogP contribution in [0, 0.1) is 5.82 Å². The van der Waals surface area contributed by atoms with E-state index in [2.05, 4.69) is 4.98 Å². The Kier molecular flexibility index (Phi) is 4.75. The predicted molar refractivity (Wildman–Crippen MR) is 78.4 cm³/mol. The smallest absolute Gasteiger partial charge is 0.305 e. The summed E-state index contributed by atoms with van der Waals surface area (Å²) >= 11 is 0. The first kappa shape index (κ1) is 15.9. The van der Waals surface area contributed by atoms with Crippen molar-refractivity contribution < 1.29 is 19.1 Å². The van der Waals surface area contributed by atoms with Gasteiger partial charge in [-0.25, -0.2) is 9.37 Å². The van der Waals surface area contributed by atoms with Crippen LogP contribution in [-0.4, -0.2) is 44.4 Å². The quantitative estimate of drug-likeness (QED) is 0.885. The summed E-state index contributed by atoms with van der Waals surface area (Å²) in [7, 11) is 0. The van der Waals surface area contributed by atoms with Crippen molar-refractivity contribution in [3.8, 4) is 0 Å². The second kappa shape index (κ2) is 6.55. The molecule has 1 N–H and O–H groups in total. The number of amides is 1. The molecule has 0 aromatic carbocycles. The highest BCUT2D eigenvalue weighted by molar-refractivity contribution is 5.95. The standard InChI is InChI=1S/C15H18FN3O3/c1-3-11-14(15(22)18(4-2)8-7-13(20)21)19-9-10(16)5-6-12(19)17-11/h5-6,9H,3-4,7-8H2,1-2H3,(H,20,21). The number of imidazole rings is 1. The highest BCUT2D eigenvalue weighted by Gasteiger charge is 2.23. The summed E-state index contributed by atoms with van der Waals surface area (Å²) in [6.07, 6.45) is 1.62. The summed E-state index contributed by atoms with van der Waals surface area (Å²) in [5, 5.41) is 8.77. The average molecular weight is 307 g/mol. The minimum atomic E-state index is -0.967. The maximum atomic E-state index is 13.5. The van der Waals surface area contributed by atoms with Crippen LogP contribution < -0.4 is 0 Å². The number of carboxylic acids is 1. The number of carbonyl (C=O) groups is 2. The number of hydrogen-bond donors (Lipinski definition) is 1. The third-order valence-corrected chi connectivity index (χ3v) is 3.46. The lowest BCUT2D eigenvalue weighted by Crippen LogP contribution is -2.34. The zero-order valence-corrected chi connectivity index (χ0v) is 12.5. The number of hydrogen-bond acceptors (Lipinski definition) is 3. The Bertz CT molecular complexity index is 711. The first-order chi connectivity index (χ1) is 10.5. The van der Waals surface area contributed by atoms with Gasteiger partial charge >= 0.3 is 5.97 Å². The van der Waals surface area contributed by atoms with E-state index >= 15 is 0 Å². The monoisotopic (exact) mass is 307 g/mol. The molecule has 0 atom stereocenters. The number of halogens is 1. The van der Waals surface area contributed by atoms with Gasteiger partial charge in [0, 0.05) is 19.3 Å². The second-order valence-corrected chi connectivity index (χ2v) is 4.86. The summed E-state index contributed by atoms with van der Waals surface area (Å²) in [5.74, 6) is -1.76. The Morgan fingerprint density at radius 1 is 1.36 bits per heavy atom. The van der Waals surface area contributed by atoms with E-state index in [1.54, 1.807) is 6.92 Å². The van der Waals surface area contributed by atoms with E-state index in [-0.39, 0.29) is 18.9 Å². The zero-order chi connectivity index (χ0) is 16.3. The van der Waals surface area contributed by atoms with Gasteiger partial charge in [0.15, 0.2) is 0 Å². The van der Waals surface area contributed by atoms with Crippen LogP contribution >= 0.6 is 0 Å². The van der Waals surface area contributed by atoms with Crippen molar-refractivity contribution in [2.24, 2.45) is 0 Å². The molecule has 0 saturated heterocycles. The maximum Gasteiger partial charge on any atom is 0.305 e. The largest absolute Gasteiger partial charge is 0.481 e. The number of pyridine rings is 1. The van der Waals surface area contributed by atoms with E-state index in [0.717, 1.165) is 0 Å². The summed E-state index contributed by atoms with van der Waals surface area (Å²) in [6.45, 7) is 4.12. The Morgan fingerprint density at radius 3 is 2.68 bits per heavy atom. The topological polar surface area (TPSA) is 74.9 Å². The second-order valence-electron chi connectivity index (χ2n) is 4.86. The molecule has 0 spiro atoms. The number of carboxylic acid groups (broad SMARTS) is 1. The molecule has 6 nitrogen and oxygen atoms in total. The molecule has 1 amide bonds. The van der Waals surface area contributed by atoms with Gasteiger partial charge < -0.3 is 10.0 Å². The summed E-state index contributed by atoms with van der Waals surface area (Å²) in [6, 6.07) is 2.80. The van der Waals surface area contributed by atoms with Gasteiger partial charge in [-0.05, 0) is 25.5 Å². The SMILES string of the molecule is CCc1nc2ccc(F)cn2c1C(=O)N(CC)CCC(=O)O. The molecule has 0 unspecified atom stereocenters. The van der Waals surface area contributed by atoms with Crippen LogP contribution in [-0.2, 0) is 11.2 Å². The van der Waals surface area contributed by atoms with E-state index in [9.17, 15) is 14.0 Å². The molecule has 0 radical (unpaired) electrons. The number of fused-ring (bicyclic) bond motifs is 1. The number of aromatic nitrogens is 2. The van der Waals surface area contributed by atoms with Crippen LogP contribution in [0.15, 0.2) is 18.3 Å². The van der Waals surface area contributed by atoms with Crippen LogP contribution in [0.5, 0.6) is 0 Å². The molecular weight excluding hydrogens is 289 g/mol. The van der Waals surface area contributed by atoms with Crippen molar-refractivity contribution in [2.45, 2.75) is 26.7 Å². The number of rotatable bonds is 6. The third-order valence-electron chi connectivity index (χ3n) is 3.46. The molecule has 2 aromatic rings. The van der Waals surface area contributed by atoms with E-state index in [1.807, 2.05) is 6.92 Å². The molecule has 0 fully saturated rings. The molecule has 0 aliphatic heterocycles. The molecule has 0 saturated carbocycles. The van der Waals surface area contributed by atoms with Gasteiger partial charge in [-0.1, -0.05) is 6.92 Å². The van der Waals surface area contributed by atoms with Crippen LogP contribution in [0.4, 0.5) is 4.39 Å². The van der Waals surface area contributed by atoms with Crippen molar-refractivity contribution in [1.82, 2.24) is 14.3 Å². The Hall–Kier alpha value is -2.44. The molecule has 0 aliphatic carbocycles. The molecule has 7 heteroatoms. The predicted octanol–water partition coefficient (Wildman–Crippen LogP) is 1.97. The first-order valence-corrected chi connectivity index (χ1v) is 7.15. The van der Waals surface area contributed by atoms with Crippen LogP contribution in [0.3, 0.4) is 0 Å². The van der Waals surface area contributed by atoms with Gasteiger partial charge in [-0.3, -0.25) is 14.0 Å². The summed E-state index contributed by atoms with van der Waals surface area (Å²) in [5.41, 5.74) is 1.37. The molecular formula is C15H18FN3O3. The minimum absolute atomic E-state index is 0.108. The normalized spacial score (nSPS) is 10.9. The number of nitrogens with zero attached hydrogens (tertiary/aromatic N) is 3. The number of aryl methyl sites for hydroxylation is 1. The van der Waals surface area contributed by atoms with Crippen LogP contribution in [0.25, 0.3) is 5.65 Å². The molecule has 0 aliphatic rings. The van der Waals surface area contributed by atoms with Gasteiger partial charge in [0.1, 0.15) is 17.2 Å². The third kappa shape index (κ3) is 3.08. The Morgan fingerprint density at radius 2 is 2.09 bits per heavy atom. The minimum Gasteiger partial charge on any atom is -0.481 e. The van der Waals surface area contributed by atoms with Crippen molar-refractivity contribution >= 4 is 17.5 Å². The van der Waals surface area contributed by atoms with E-state index < -0.39 is 11.8 Å². The Labute approximate surface area is 127 Å². The van der Waals surface area contributed by atoms with E-state index in [0.29, 0.717) is 30.0 Å². The molecule has 2 aromatic heterocycles. The fourth-order valence-electron chi connectivity index (χ4n) is 2.32. The van der Waals surface area contributed by atoms with Crippen LogP contribution in [0.1, 0.15) is 36.5 Å². The molecule has 2 heterocycles. The van der Waals surface area contributed by atoms with Crippen molar-refractivity contribution in [1.29, 1.82) is 0 Å². The highest BCUT2D eigenvalue weighted by Crippen LogP contribution is 2.17. The molecule has 118 valence electrons. The highest BCUT2D eigenvalue weighted by atomic mass is 19.1. The molecule has 2 rings (SSSR count). The lowest BCUT2D eigenvalue weighted by Gasteiger charge is -2.20. The van der Waals surface area contributed by atoms with Gasteiger partial charge in [-0.15, -0.1) is 0 Å². The fourth-order valence-corrected chi connectivity index (χ4v) is 2.32. The van der Waals surface area contributed by atoms with Crippen molar-refractivity contribution in [2.75, 3.05) is 13.1 Å². The van der Waals surface area contributed by atoms with Gasteiger partial charge in [0.2, 0.25) is 0 Å². The van der Waals surface area contributed by atoms with Gasteiger partial charge in [0.25, 0.3) is 5.91 Å². The first-order valence-electron chi connectivity index (χ1n) is 7.15. The van der Waals surface area contributed by atoms with Crippen LogP contribution in [0.2, 0.25) is 0 Å². The maximum absolute atomic E-state index is 13.5. The number of aliphatic carboxylic acids is 1. The lowest BCUT2D eigenvalue weighted by molar-refractivity contribution is -0.137. The van der Waals surface area contributed by atoms with E-state index in [1.165, 1.54) is 27.6 Å². The van der Waals surface area contributed by atoms with Gasteiger partial charge in [0.05, 0.1) is 12.1 Å². The lowest BCUT2D eigenvalue weighted by atomic mass is 10.2. The zero-order valence-electron chi connectivity index (χ0n) is 12.5. The molecule has 22 heavy (non-hydrogen) atoms. The summed E-state index contributed by atoms with van der Waals surface area (Å²) in [4.78, 5) is 29.2.